The van der Waals surface area contributed by atoms with E-state index >= 15 is 0 Å². The molecule has 0 radical (unpaired) electrons. The summed E-state index contributed by atoms with van der Waals surface area (Å²) in [6.07, 6.45) is -0.00131. The third-order valence-corrected chi connectivity index (χ3v) is 16.7. The first-order valence-corrected chi connectivity index (χ1v) is 21.9. The second-order valence-corrected chi connectivity index (χ2v) is 19.5. The lowest BCUT2D eigenvalue weighted by Crippen LogP contribution is -2.35. The van der Waals surface area contributed by atoms with Crippen molar-refractivity contribution in [1.29, 1.82) is 0 Å². The molecule has 0 aromatic heterocycles. The quantitative estimate of drug-likeness (QED) is 0.123. The molecule has 12 heteroatoms. The van der Waals surface area contributed by atoms with Gasteiger partial charge in [-0.1, -0.05) is 97.1 Å². The number of imide groups is 2. The lowest BCUT2D eigenvalue weighted by Gasteiger charge is -2.31. The summed E-state index contributed by atoms with van der Waals surface area (Å²) in [6.45, 7) is 0. The fourth-order valence-corrected chi connectivity index (χ4v) is 13.7. The first kappa shape index (κ1) is 35.1. The van der Waals surface area contributed by atoms with Crippen molar-refractivity contribution in [2.45, 2.75) is 30.6 Å². The van der Waals surface area contributed by atoms with E-state index in [2.05, 4.69) is 0 Å². The predicted molar refractivity (Wildman–Crippen MR) is 217 cm³/mol. The normalized spacial score (nSPS) is 23.3. The number of hydrogen-bond donors (Lipinski definition) is 0. The number of hydrogen-bond acceptors (Lipinski definition) is 8. The van der Waals surface area contributed by atoms with E-state index in [9.17, 15) is 28.3 Å². The van der Waals surface area contributed by atoms with Gasteiger partial charge < -0.3 is 9.05 Å². The van der Waals surface area contributed by atoms with Gasteiger partial charge in [0, 0.05) is 24.0 Å². The zero-order valence-corrected chi connectivity index (χ0v) is 32.0. The molecule has 6 aromatic carbocycles. The molecule has 4 atom stereocenters. The number of rotatable bonds is 6. The summed E-state index contributed by atoms with van der Waals surface area (Å²) in [5.74, 6) is -1.20. The number of para-hydroxylation sites is 2. The van der Waals surface area contributed by atoms with Crippen molar-refractivity contribution >= 4 is 60.4 Å². The van der Waals surface area contributed by atoms with Gasteiger partial charge in [0.05, 0.1) is 22.0 Å². The molecule has 0 spiro atoms. The number of fused-ring (bicyclic) bond motifs is 6. The van der Waals surface area contributed by atoms with Crippen molar-refractivity contribution in [3.63, 3.8) is 0 Å². The molecule has 2 saturated heterocycles. The van der Waals surface area contributed by atoms with Gasteiger partial charge >= 0.3 is 0 Å². The smallest absolute Gasteiger partial charge is 0.290 e. The summed E-state index contributed by atoms with van der Waals surface area (Å²) in [5.41, 5.74) is 3.21. The van der Waals surface area contributed by atoms with Gasteiger partial charge in [0.1, 0.15) is 22.8 Å². The van der Waals surface area contributed by atoms with Crippen molar-refractivity contribution < 1.29 is 37.4 Å². The summed E-state index contributed by atoms with van der Waals surface area (Å²) in [7, 11) is -7.65. The van der Waals surface area contributed by atoms with Crippen molar-refractivity contribution in [3.05, 3.63) is 157 Å². The van der Waals surface area contributed by atoms with Gasteiger partial charge in [0.25, 0.3) is 14.7 Å². The summed E-state index contributed by atoms with van der Waals surface area (Å²) in [5, 5.41) is 0.865. The second kappa shape index (κ2) is 13.1. The minimum atomic E-state index is -3.83. The van der Waals surface area contributed by atoms with Crippen LogP contribution in [0.4, 0.5) is 11.4 Å². The van der Waals surface area contributed by atoms with Gasteiger partial charge in [-0.25, -0.2) is 9.80 Å². The van der Waals surface area contributed by atoms with Crippen LogP contribution in [0.2, 0.25) is 0 Å². The highest BCUT2D eigenvalue weighted by Gasteiger charge is 2.55. The Labute approximate surface area is 327 Å². The monoisotopic (exact) mass is 790 g/mol. The molecule has 57 heavy (non-hydrogen) atoms. The molecule has 0 aliphatic carbocycles. The molecule has 4 heterocycles. The maximum absolute atomic E-state index is 14.7. The third-order valence-electron chi connectivity index (χ3n) is 11.2. The second-order valence-electron chi connectivity index (χ2n) is 14.5. The van der Waals surface area contributed by atoms with E-state index in [1.54, 1.807) is 72.8 Å². The van der Waals surface area contributed by atoms with Crippen LogP contribution < -0.4 is 29.5 Å². The minimum Gasteiger partial charge on any atom is -0.439 e. The highest BCUT2D eigenvalue weighted by Crippen LogP contribution is 2.61. The lowest BCUT2D eigenvalue weighted by molar-refractivity contribution is -0.122. The van der Waals surface area contributed by atoms with E-state index in [1.165, 1.54) is 0 Å². The molecule has 6 aromatic rings. The molecule has 10 nitrogen and oxygen atoms in total. The van der Waals surface area contributed by atoms with Crippen molar-refractivity contribution in [2.75, 3.05) is 9.80 Å². The first-order chi connectivity index (χ1) is 27.6. The molecule has 0 N–H and O–H groups in total. The Morgan fingerprint density at radius 1 is 0.456 bits per heavy atom. The molecular weight excluding hydrogens is 758 g/mol. The Kier molecular flexibility index (Phi) is 8.08. The molecule has 2 fully saturated rings. The van der Waals surface area contributed by atoms with Crippen LogP contribution in [0.15, 0.2) is 146 Å². The van der Waals surface area contributed by atoms with Crippen molar-refractivity contribution in [3.8, 4) is 33.8 Å². The largest absolute Gasteiger partial charge is 0.439 e. The molecule has 0 bridgehead atoms. The third kappa shape index (κ3) is 5.47. The van der Waals surface area contributed by atoms with E-state index in [0.29, 0.717) is 39.9 Å². The molecule has 4 aliphatic heterocycles. The molecule has 4 amide bonds. The zero-order chi connectivity index (χ0) is 39.1. The maximum Gasteiger partial charge on any atom is 0.290 e. The Balaban J connectivity index is 0.845. The van der Waals surface area contributed by atoms with Gasteiger partial charge in [-0.05, 0) is 77.2 Å². The average Bonchev–Trinajstić information content (AvgIpc) is 3.72. The van der Waals surface area contributed by atoms with E-state index in [4.69, 9.17) is 9.05 Å². The van der Waals surface area contributed by atoms with E-state index in [0.717, 1.165) is 43.2 Å². The van der Waals surface area contributed by atoms with Crippen molar-refractivity contribution in [1.82, 2.24) is 0 Å². The Morgan fingerprint density at radius 2 is 0.807 bits per heavy atom. The Bertz CT molecular complexity index is 2610. The van der Waals surface area contributed by atoms with Gasteiger partial charge in [-0.15, -0.1) is 0 Å². The highest BCUT2D eigenvalue weighted by atomic mass is 31.2. The van der Waals surface area contributed by atoms with Crippen LogP contribution in [-0.2, 0) is 34.7 Å². The molecule has 4 aliphatic rings. The van der Waals surface area contributed by atoms with Crippen LogP contribution in [0.5, 0.6) is 11.5 Å². The van der Waals surface area contributed by atoms with Crippen LogP contribution in [0, 0.1) is 0 Å². The van der Waals surface area contributed by atoms with Gasteiger partial charge in [-0.3, -0.25) is 28.3 Å². The van der Waals surface area contributed by atoms with Gasteiger partial charge in [0.2, 0.25) is 23.6 Å². The summed E-state index contributed by atoms with van der Waals surface area (Å²) in [4.78, 5) is 56.8. The number of carbonyl (C=O) groups excluding carboxylic acids is 4. The van der Waals surface area contributed by atoms with Crippen LogP contribution >= 0.6 is 14.7 Å². The van der Waals surface area contributed by atoms with E-state index < -0.39 is 49.7 Å². The summed E-state index contributed by atoms with van der Waals surface area (Å²) < 4.78 is 41.6. The summed E-state index contributed by atoms with van der Waals surface area (Å²) >= 11 is 0. The standard InChI is InChI=1S/C45H32N2O8P2/c48-42-26-40(56(52)38-15-7-3-11-34(38)32-9-1-5-13-36(32)54-56)44(50)46(42)30-21-17-28(18-22-30)25-29-19-23-31(24-20-29)47-43(49)27-41(45(47)51)57(53)39-16-8-4-12-35(39)33-10-2-6-14-37(33)55-57/h1-24,40-41H,25-27H2. The van der Waals surface area contributed by atoms with E-state index in [-0.39, 0.29) is 12.8 Å². The number of anilines is 2. The van der Waals surface area contributed by atoms with Crippen LogP contribution in [0.25, 0.3) is 22.3 Å². The molecule has 10 rings (SSSR count). The van der Waals surface area contributed by atoms with E-state index in [1.807, 2.05) is 72.8 Å². The van der Waals surface area contributed by atoms with Crippen LogP contribution in [0.1, 0.15) is 24.0 Å². The average molecular weight is 791 g/mol. The zero-order valence-electron chi connectivity index (χ0n) is 30.2. The SMILES string of the molecule is O=C1CC(P2(=O)Oc3ccccc3-c3ccccc32)C(=O)N1c1ccc(Cc2ccc(N3C(=O)CC(P4(=O)Oc5ccccc5-c5ccccc54)C3=O)cc2)cc1. The lowest BCUT2D eigenvalue weighted by atomic mass is 10.0. The Morgan fingerprint density at radius 3 is 1.21 bits per heavy atom. The van der Waals surface area contributed by atoms with Crippen LogP contribution in [0.3, 0.4) is 0 Å². The number of amides is 4. The fourth-order valence-electron chi connectivity index (χ4n) is 8.40. The van der Waals surface area contributed by atoms with Gasteiger partial charge in [-0.2, -0.15) is 0 Å². The Hall–Kier alpha value is -6.34. The molecule has 280 valence electrons. The number of carbonyl (C=O) groups is 4. The highest BCUT2D eigenvalue weighted by molar-refractivity contribution is 7.70. The predicted octanol–water partition coefficient (Wildman–Crippen LogP) is 7.87. The first-order valence-electron chi connectivity index (χ1n) is 18.5. The summed E-state index contributed by atoms with van der Waals surface area (Å²) in [6, 6.07) is 42.8. The van der Waals surface area contributed by atoms with Crippen LogP contribution in [-0.4, -0.2) is 34.9 Å². The fraction of sp³-hybridized carbons (Fsp3) is 0.111. The van der Waals surface area contributed by atoms with Crippen molar-refractivity contribution in [2.24, 2.45) is 0 Å². The number of nitrogens with zero attached hydrogens (tertiary/aromatic N) is 2. The molecule has 0 saturated carbocycles. The topological polar surface area (TPSA) is 127 Å². The molecule has 4 unspecified atom stereocenters. The van der Waals surface area contributed by atoms with Gasteiger partial charge in [0.15, 0.2) is 0 Å². The number of benzene rings is 6. The maximum atomic E-state index is 14.7. The minimum absolute atomic E-state index is 0.241. The molecular formula is C45H32N2O8P2.